The maximum absolute atomic E-state index is 12.7. The lowest BCUT2D eigenvalue weighted by atomic mass is 10.2. The number of carbonyl (C=O) groups excluding carboxylic acids is 1. The van der Waals surface area contributed by atoms with E-state index in [-0.39, 0.29) is 5.91 Å². The van der Waals surface area contributed by atoms with Gasteiger partial charge in [-0.3, -0.25) is 19.7 Å². The molecule has 1 saturated heterocycles. The van der Waals surface area contributed by atoms with Gasteiger partial charge in [-0.1, -0.05) is 35.6 Å². The van der Waals surface area contributed by atoms with Gasteiger partial charge in [0.05, 0.1) is 10.4 Å². The van der Waals surface area contributed by atoms with Gasteiger partial charge in [0.2, 0.25) is 0 Å². The summed E-state index contributed by atoms with van der Waals surface area (Å²) in [5.41, 5.74) is 2.84. The number of pyridine rings is 2. The number of anilines is 1. The summed E-state index contributed by atoms with van der Waals surface area (Å²) in [7, 11) is 0. The van der Waals surface area contributed by atoms with Gasteiger partial charge in [0.1, 0.15) is 4.32 Å². The first-order chi connectivity index (χ1) is 14.6. The molecule has 1 aliphatic rings. The molecule has 30 heavy (non-hydrogen) atoms. The van der Waals surface area contributed by atoms with Gasteiger partial charge in [-0.05, 0) is 60.9 Å². The number of hydrogen-bond acceptors (Lipinski definition) is 6. The molecule has 1 aliphatic heterocycles. The minimum Gasteiger partial charge on any atom is -0.384 e. The topological polar surface area (TPSA) is 58.1 Å². The molecule has 1 amide bonds. The third-order valence-electron chi connectivity index (χ3n) is 4.71. The molecule has 5 nitrogen and oxygen atoms in total. The normalized spacial score (nSPS) is 15.4. The summed E-state index contributed by atoms with van der Waals surface area (Å²) in [4.78, 5) is 23.4. The summed E-state index contributed by atoms with van der Waals surface area (Å²) < 4.78 is 0.616. The van der Waals surface area contributed by atoms with E-state index in [1.54, 1.807) is 23.5 Å². The van der Waals surface area contributed by atoms with E-state index in [4.69, 9.17) is 23.8 Å². The standard InChI is InChI=1S/C22H19ClN4OS2/c23-16-3-4-17-18(7-11-26-19(17)14-16)25-8-1-2-12-27-21(28)20(30-22(27)29)13-15-5-9-24-10-6-15/h3-7,9-11,13-14H,1-2,8,12H2,(H,25,26)/b20-13-. The average Bonchev–Trinajstić information content (AvgIpc) is 3.01. The van der Waals surface area contributed by atoms with Crippen LogP contribution < -0.4 is 5.32 Å². The Labute approximate surface area is 189 Å². The zero-order valence-electron chi connectivity index (χ0n) is 16.0. The van der Waals surface area contributed by atoms with Crippen LogP contribution in [-0.4, -0.2) is 38.2 Å². The van der Waals surface area contributed by atoms with Gasteiger partial charge < -0.3 is 5.32 Å². The van der Waals surface area contributed by atoms with Crippen LogP contribution in [0.4, 0.5) is 5.69 Å². The highest BCUT2D eigenvalue weighted by Crippen LogP contribution is 2.32. The fourth-order valence-electron chi connectivity index (χ4n) is 3.20. The maximum atomic E-state index is 12.7. The quantitative estimate of drug-likeness (QED) is 0.294. The molecular weight excluding hydrogens is 436 g/mol. The van der Waals surface area contributed by atoms with E-state index in [1.165, 1.54) is 11.8 Å². The largest absolute Gasteiger partial charge is 0.384 e. The number of carbonyl (C=O) groups is 1. The van der Waals surface area contributed by atoms with Crippen LogP contribution >= 0.6 is 35.6 Å². The highest BCUT2D eigenvalue weighted by molar-refractivity contribution is 8.26. The number of rotatable bonds is 7. The predicted molar refractivity (Wildman–Crippen MR) is 129 cm³/mol. The van der Waals surface area contributed by atoms with E-state index >= 15 is 0 Å². The third-order valence-corrected chi connectivity index (χ3v) is 6.32. The van der Waals surface area contributed by atoms with Gasteiger partial charge >= 0.3 is 0 Å². The SMILES string of the molecule is O=C1/C(=C/c2ccncc2)SC(=S)N1CCCCNc1ccnc2cc(Cl)ccc12. The lowest BCUT2D eigenvalue weighted by Crippen LogP contribution is -2.29. The molecule has 0 spiro atoms. The van der Waals surface area contributed by atoms with E-state index in [9.17, 15) is 4.79 Å². The summed E-state index contributed by atoms with van der Waals surface area (Å²) in [6.45, 7) is 1.41. The van der Waals surface area contributed by atoms with E-state index in [1.807, 2.05) is 42.5 Å². The van der Waals surface area contributed by atoms with Crippen molar-refractivity contribution in [2.24, 2.45) is 0 Å². The zero-order chi connectivity index (χ0) is 20.9. The van der Waals surface area contributed by atoms with Gasteiger partial charge in [0.15, 0.2) is 0 Å². The Morgan fingerprint density at radius 2 is 1.97 bits per heavy atom. The summed E-state index contributed by atoms with van der Waals surface area (Å²) in [6, 6.07) is 11.4. The molecule has 0 unspecified atom stereocenters. The molecule has 0 atom stereocenters. The number of hydrogen-bond donors (Lipinski definition) is 1. The fraction of sp³-hybridized carbons (Fsp3) is 0.182. The van der Waals surface area contributed by atoms with Crippen LogP contribution in [0.3, 0.4) is 0 Å². The van der Waals surface area contributed by atoms with Crippen LogP contribution in [0, 0.1) is 0 Å². The monoisotopic (exact) mass is 454 g/mol. The van der Waals surface area contributed by atoms with Crippen molar-refractivity contribution in [2.45, 2.75) is 12.8 Å². The number of nitrogens with zero attached hydrogens (tertiary/aromatic N) is 3. The van der Waals surface area contributed by atoms with Crippen LogP contribution in [-0.2, 0) is 4.79 Å². The Morgan fingerprint density at radius 3 is 2.80 bits per heavy atom. The Morgan fingerprint density at radius 1 is 1.13 bits per heavy atom. The molecule has 0 saturated carbocycles. The number of nitrogens with one attached hydrogen (secondary N) is 1. The molecule has 4 rings (SSSR count). The van der Waals surface area contributed by atoms with Crippen LogP contribution in [0.15, 0.2) is 59.9 Å². The number of benzene rings is 1. The Bertz CT molecular complexity index is 1120. The number of thiocarbonyl (C=S) groups is 1. The lowest BCUT2D eigenvalue weighted by Gasteiger charge is -2.15. The molecule has 1 fully saturated rings. The fourth-order valence-corrected chi connectivity index (χ4v) is 4.67. The van der Waals surface area contributed by atoms with Crippen molar-refractivity contribution in [2.75, 3.05) is 18.4 Å². The van der Waals surface area contributed by atoms with Gasteiger partial charge in [-0.25, -0.2) is 0 Å². The van der Waals surface area contributed by atoms with E-state index < -0.39 is 0 Å². The number of unbranched alkanes of at least 4 members (excludes halogenated alkanes) is 1. The first kappa shape index (κ1) is 20.8. The number of aromatic nitrogens is 2. The average molecular weight is 455 g/mol. The zero-order valence-corrected chi connectivity index (χ0v) is 18.4. The molecule has 1 N–H and O–H groups in total. The molecule has 0 aliphatic carbocycles. The van der Waals surface area contributed by atoms with Crippen molar-refractivity contribution >= 4 is 68.5 Å². The van der Waals surface area contributed by atoms with Crippen LogP contribution in [0.2, 0.25) is 5.02 Å². The van der Waals surface area contributed by atoms with E-state index in [0.717, 1.165) is 41.5 Å². The van der Waals surface area contributed by atoms with Crippen LogP contribution in [0.5, 0.6) is 0 Å². The van der Waals surface area contributed by atoms with Crippen molar-refractivity contribution in [3.63, 3.8) is 0 Å². The van der Waals surface area contributed by atoms with Crippen molar-refractivity contribution in [3.8, 4) is 0 Å². The van der Waals surface area contributed by atoms with Crippen LogP contribution in [0.25, 0.3) is 17.0 Å². The Balaban J connectivity index is 1.29. The van der Waals surface area contributed by atoms with Crippen molar-refractivity contribution < 1.29 is 4.79 Å². The molecule has 3 aromatic rings. The van der Waals surface area contributed by atoms with Gasteiger partial charge in [-0.15, -0.1) is 0 Å². The van der Waals surface area contributed by atoms with Gasteiger partial charge in [-0.2, -0.15) is 0 Å². The minimum absolute atomic E-state index is 0.0215. The van der Waals surface area contributed by atoms with Gasteiger partial charge in [0, 0.05) is 47.8 Å². The highest BCUT2D eigenvalue weighted by Gasteiger charge is 2.31. The molecular formula is C22H19ClN4OS2. The second kappa shape index (κ2) is 9.55. The van der Waals surface area contributed by atoms with E-state index in [2.05, 4.69) is 15.3 Å². The molecule has 8 heteroatoms. The van der Waals surface area contributed by atoms with Gasteiger partial charge in [0.25, 0.3) is 5.91 Å². The smallest absolute Gasteiger partial charge is 0.266 e. The number of fused-ring (bicyclic) bond motifs is 1. The second-order valence-electron chi connectivity index (χ2n) is 6.77. The third kappa shape index (κ3) is 4.80. The van der Waals surface area contributed by atoms with Crippen molar-refractivity contribution in [1.29, 1.82) is 0 Å². The molecule has 1 aromatic carbocycles. The molecule has 0 bridgehead atoms. The second-order valence-corrected chi connectivity index (χ2v) is 8.88. The first-order valence-electron chi connectivity index (χ1n) is 9.55. The summed E-state index contributed by atoms with van der Waals surface area (Å²) in [5.74, 6) is -0.0215. The summed E-state index contributed by atoms with van der Waals surface area (Å²) in [6.07, 6.45) is 8.83. The van der Waals surface area contributed by atoms with Crippen LogP contribution in [0.1, 0.15) is 18.4 Å². The Hall–Kier alpha value is -2.48. The molecule has 0 radical (unpaired) electrons. The Kier molecular flexibility index (Phi) is 6.62. The maximum Gasteiger partial charge on any atom is 0.266 e. The number of halogens is 1. The predicted octanol–water partition coefficient (Wildman–Crippen LogP) is 5.38. The van der Waals surface area contributed by atoms with Crippen molar-refractivity contribution in [1.82, 2.24) is 14.9 Å². The van der Waals surface area contributed by atoms with E-state index in [0.29, 0.717) is 20.8 Å². The van der Waals surface area contributed by atoms with Crippen molar-refractivity contribution in [3.05, 3.63) is 70.5 Å². The summed E-state index contributed by atoms with van der Waals surface area (Å²) >= 11 is 12.8. The minimum atomic E-state index is -0.0215. The molecule has 152 valence electrons. The lowest BCUT2D eigenvalue weighted by molar-refractivity contribution is -0.122. The number of amides is 1. The molecule has 2 aromatic heterocycles. The molecule has 3 heterocycles. The summed E-state index contributed by atoms with van der Waals surface area (Å²) in [5, 5.41) is 5.17. The first-order valence-corrected chi connectivity index (χ1v) is 11.2. The highest BCUT2D eigenvalue weighted by atomic mass is 35.5. The number of thioether (sulfide) groups is 1.